The highest BCUT2D eigenvalue weighted by atomic mass is 32.2. The van der Waals surface area contributed by atoms with Crippen LogP contribution in [0.1, 0.15) is 41.5 Å². The molecule has 0 bridgehead atoms. The van der Waals surface area contributed by atoms with E-state index < -0.39 is 0 Å². The van der Waals surface area contributed by atoms with Gasteiger partial charge in [-0.2, -0.15) is 0 Å². The average Bonchev–Trinajstić information content (AvgIpc) is 2.07. The lowest BCUT2D eigenvalue weighted by Gasteiger charge is -2.21. The Balaban J connectivity index is 3.00. The molecule has 95 valence electrons. The second-order valence-corrected chi connectivity index (χ2v) is 9.75. The lowest BCUT2D eigenvalue weighted by atomic mass is 10.3. The van der Waals surface area contributed by atoms with E-state index in [0.717, 1.165) is 9.79 Å². The first-order chi connectivity index (χ1) is 7.58. The van der Waals surface area contributed by atoms with Crippen LogP contribution in [0.4, 0.5) is 0 Å². The summed E-state index contributed by atoms with van der Waals surface area (Å²) in [4.78, 5) is 1.71. The highest BCUT2D eigenvalue weighted by Gasteiger charge is 2.20. The van der Waals surface area contributed by atoms with Gasteiger partial charge in [0.15, 0.2) is 0 Å². The average molecular weight is 269 g/mol. The second-order valence-electron chi connectivity index (χ2n) is 6.01. The van der Waals surface area contributed by atoms with E-state index in [2.05, 4.69) is 41.5 Å². The third-order valence-electron chi connectivity index (χ3n) is 1.78. The molecule has 17 heavy (non-hydrogen) atoms. The van der Waals surface area contributed by atoms with Crippen molar-refractivity contribution < 1.29 is 5.11 Å². The molecule has 0 N–H and O–H groups in total. The van der Waals surface area contributed by atoms with Crippen LogP contribution in [-0.4, -0.2) is 9.49 Å². The lowest BCUT2D eigenvalue weighted by molar-refractivity contribution is 0.333. The van der Waals surface area contributed by atoms with Crippen molar-refractivity contribution in [1.82, 2.24) is 0 Å². The van der Waals surface area contributed by atoms with Crippen LogP contribution < -0.4 is 0 Å². The maximum atomic E-state index is 12.3. The molecular formula is C14H21OS2. The Bertz CT molecular complexity index is 352. The van der Waals surface area contributed by atoms with E-state index in [-0.39, 0.29) is 15.2 Å². The van der Waals surface area contributed by atoms with Gasteiger partial charge in [0.1, 0.15) is 0 Å². The van der Waals surface area contributed by atoms with Crippen molar-refractivity contribution in [3.8, 4) is 5.75 Å². The first-order valence-electron chi connectivity index (χ1n) is 5.76. The molecule has 0 atom stereocenters. The summed E-state index contributed by atoms with van der Waals surface area (Å²) in [6.07, 6.45) is 0. The van der Waals surface area contributed by atoms with Crippen LogP contribution in [0.15, 0.2) is 28.0 Å². The molecule has 0 amide bonds. The molecule has 0 aromatic heterocycles. The predicted octanol–water partition coefficient (Wildman–Crippen LogP) is 5.61. The van der Waals surface area contributed by atoms with Crippen LogP contribution in [0.2, 0.25) is 0 Å². The van der Waals surface area contributed by atoms with Gasteiger partial charge in [0.2, 0.25) is 5.75 Å². The van der Waals surface area contributed by atoms with E-state index >= 15 is 0 Å². The summed E-state index contributed by atoms with van der Waals surface area (Å²) < 4.78 is 0.147. The molecule has 0 aliphatic carbocycles. The van der Waals surface area contributed by atoms with Gasteiger partial charge in [-0.1, -0.05) is 47.6 Å². The predicted molar refractivity (Wildman–Crippen MR) is 77.8 cm³/mol. The zero-order valence-electron chi connectivity index (χ0n) is 11.5. The number of rotatable bonds is 2. The number of thioether (sulfide) groups is 2. The molecule has 0 saturated heterocycles. The smallest absolute Gasteiger partial charge is 0.205 e. The molecule has 0 fully saturated rings. The van der Waals surface area contributed by atoms with E-state index in [1.54, 1.807) is 23.5 Å². The summed E-state index contributed by atoms with van der Waals surface area (Å²) in [6, 6.07) is 5.82. The summed E-state index contributed by atoms with van der Waals surface area (Å²) in [5.41, 5.74) is 0. The molecule has 0 heterocycles. The number of para-hydroxylation sites is 1. The Kier molecular flexibility index (Phi) is 4.48. The number of hydrogen-bond donors (Lipinski definition) is 0. The highest BCUT2D eigenvalue weighted by molar-refractivity contribution is 8.01. The van der Waals surface area contributed by atoms with Crippen LogP contribution in [-0.2, 0) is 5.11 Å². The van der Waals surface area contributed by atoms with Crippen molar-refractivity contribution in [2.75, 3.05) is 0 Å². The van der Waals surface area contributed by atoms with Crippen molar-refractivity contribution in [3.63, 3.8) is 0 Å². The molecular weight excluding hydrogens is 248 g/mol. The summed E-state index contributed by atoms with van der Waals surface area (Å²) in [6.45, 7) is 12.8. The van der Waals surface area contributed by atoms with Crippen LogP contribution in [0.25, 0.3) is 0 Å². The standard InChI is InChI=1S/C14H21OS2/c1-13(2,3)16-10-8-7-9-11(12(10)15)17-14(4,5)6/h7-9H,1-6H3. The van der Waals surface area contributed by atoms with Gasteiger partial charge >= 0.3 is 0 Å². The molecule has 0 aliphatic heterocycles. The van der Waals surface area contributed by atoms with E-state index in [0.29, 0.717) is 0 Å². The largest absolute Gasteiger partial charge is 0.287 e. The molecule has 0 unspecified atom stereocenters. The summed E-state index contributed by atoms with van der Waals surface area (Å²) in [5, 5.41) is 12.3. The second kappa shape index (κ2) is 5.15. The van der Waals surface area contributed by atoms with Crippen LogP contribution in [0, 0.1) is 0 Å². The van der Waals surface area contributed by atoms with Crippen LogP contribution >= 0.6 is 23.5 Å². The Hall–Kier alpha value is -0.280. The van der Waals surface area contributed by atoms with Crippen LogP contribution in [0.5, 0.6) is 5.75 Å². The number of benzene rings is 1. The van der Waals surface area contributed by atoms with E-state index in [1.807, 2.05) is 18.2 Å². The van der Waals surface area contributed by atoms with Gasteiger partial charge in [-0.15, -0.1) is 23.5 Å². The quantitative estimate of drug-likeness (QED) is 0.650. The normalized spacial score (nSPS) is 12.8. The van der Waals surface area contributed by atoms with Gasteiger partial charge in [-0.25, -0.2) is 0 Å². The molecule has 0 aliphatic rings. The summed E-state index contributed by atoms with van der Waals surface area (Å²) >= 11 is 3.28. The molecule has 3 heteroatoms. The number of hydrogen-bond acceptors (Lipinski definition) is 2. The third-order valence-corrected chi connectivity index (χ3v) is 4.08. The maximum Gasteiger partial charge on any atom is 0.205 e. The fraction of sp³-hybridized carbons (Fsp3) is 0.571. The molecule has 1 nitrogen and oxygen atoms in total. The third kappa shape index (κ3) is 5.26. The topological polar surface area (TPSA) is 19.9 Å². The first-order valence-corrected chi connectivity index (χ1v) is 7.40. The molecule has 0 saturated carbocycles. The Morgan fingerprint density at radius 2 is 1.18 bits per heavy atom. The Labute approximate surface area is 113 Å². The monoisotopic (exact) mass is 269 g/mol. The molecule has 0 spiro atoms. The minimum absolute atomic E-state index is 0.0736. The first kappa shape index (κ1) is 14.8. The van der Waals surface area contributed by atoms with Gasteiger partial charge in [0.25, 0.3) is 0 Å². The zero-order valence-corrected chi connectivity index (χ0v) is 13.1. The SMILES string of the molecule is CC(C)(C)Sc1cccc(SC(C)(C)C)c1[O]. The molecule has 1 rings (SSSR count). The molecule has 1 aromatic carbocycles. The lowest BCUT2D eigenvalue weighted by Crippen LogP contribution is -2.08. The summed E-state index contributed by atoms with van der Waals surface area (Å²) in [5.74, 6) is 0.173. The maximum absolute atomic E-state index is 12.3. The van der Waals surface area contributed by atoms with E-state index in [9.17, 15) is 5.11 Å². The van der Waals surface area contributed by atoms with Crippen molar-refractivity contribution in [2.24, 2.45) is 0 Å². The molecule has 1 aromatic rings. The Morgan fingerprint density at radius 3 is 1.47 bits per heavy atom. The Morgan fingerprint density at radius 1 is 0.824 bits per heavy atom. The van der Waals surface area contributed by atoms with E-state index in [1.165, 1.54) is 0 Å². The highest BCUT2D eigenvalue weighted by Crippen LogP contribution is 2.45. The fourth-order valence-corrected chi connectivity index (χ4v) is 3.40. The van der Waals surface area contributed by atoms with Gasteiger partial charge in [0, 0.05) is 9.49 Å². The zero-order chi connectivity index (χ0) is 13.3. The molecule has 1 radical (unpaired) electrons. The van der Waals surface area contributed by atoms with Gasteiger partial charge in [-0.3, -0.25) is 5.11 Å². The van der Waals surface area contributed by atoms with E-state index in [4.69, 9.17) is 0 Å². The van der Waals surface area contributed by atoms with Crippen molar-refractivity contribution in [2.45, 2.75) is 60.8 Å². The summed E-state index contributed by atoms with van der Waals surface area (Å²) in [7, 11) is 0. The minimum Gasteiger partial charge on any atom is -0.287 e. The minimum atomic E-state index is 0.0736. The van der Waals surface area contributed by atoms with Gasteiger partial charge in [-0.05, 0) is 12.1 Å². The van der Waals surface area contributed by atoms with Gasteiger partial charge < -0.3 is 0 Å². The fourth-order valence-electron chi connectivity index (χ4n) is 1.32. The van der Waals surface area contributed by atoms with Crippen LogP contribution in [0.3, 0.4) is 0 Å². The van der Waals surface area contributed by atoms with Crippen molar-refractivity contribution in [3.05, 3.63) is 18.2 Å². The van der Waals surface area contributed by atoms with Gasteiger partial charge in [0.05, 0.1) is 9.79 Å². The van der Waals surface area contributed by atoms with Crippen molar-refractivity contribution in [1.29, 1.82) is 0 Å². The van der Waals surface area contributed by atoms with Crippen molar-refractivity contribution >= 4 is 23.5 Å².